The highest BCUT2D eigenvalue weighted by Crippen LogP contribution is 2.19. The molecule has 6 nitrogen and oxygen atoms in total. The van der Waals surface area contributed by atoms with Gasteiger partial charge in [0.2, 0.25) is 0 Å². The fourth-order valence-corrected chi connectivity index (χ4v) is 1.90. The van der Waals surface area contributed by atoms with Gasteiger partial charge in [-0.05, 0) is 19.1 Å². The lowest BCUT2D eigenvalue weighted by Gasteiger charge is -2.02. The summed E-state index contributed by atoms with van der Waals surface area (Å²) in [6.07, 6.45) is 0. The molecular weight excluding hydrogens is 254 g/mol. The van der Waals surface area contributed by atoms with E-state index in [-0.39, 0.29) is 10.7 Å². The number of benzene rings is 1. The van der Waals surface area contributed by atoms with Gasteiger partial charge in [0, 0.05) is 0 Å². The number of aromatic amines is 1. The number of aryl methyl sites for hydroxylation is 1. The molecule has 0 atom stereocenters. The third-order valence-corrected chi connectivity index (χ3v) is 2.88. The second-order valence-electron chi connectivity index (χ2n) is 3.88. The lowest BCUT2D eigenvalue weighted by atomic mass is 10.2. The molecule has 2 aromatic heterocycles. The van der Waals surface area contributed by atoms with Gasteiger partial charge < -0.3 is 0 Å². The summed E-state index contributed by atoms with van der Waals surface area (Å²) in [5.41, 5.74) is 2.08. The molecule has 7 heteroatoms. The summed E-state index contributed by atoms with van der Waals surface area (Å²) in [7, 11) is 0. The highest BCUT2D eigenvalue weighted by Gasteiger charge is 2.14. The normalized spacial score (nSPS) is 11.0. The highest BCUT2D eigenvalue weighted by molar-refractivity contribution is 6.33. The molecule has 0 radical (unpaired) electrons. The Morgan fingerprint density at radius 2 is 2.00 bits per heavy atom. The van der Waals surface area contributed by atoms with Crippen molar-refractivity contribution in [2.75, 3.05) is 0 Å². The fourth-order valence-electron chi connectivity index (χ4n) is 1.69. The largest absolute Gasteiger partial charge is 0.294 e. The third-order valence-electron chi connectivity index (χ3n) is 2.61. The summed E-state index contributed by atoms with van der Waals surface area (Å²) in [6, 6.07) is 7.64. The van der Waals surface area contributed by atoms with Gasteiger partial charge in [-0.1, -0.05) is 34.5 Å². The molecule has 0 fully saturated rings. The van der Waals surface area contributed by atoms with Crippen molar-refractivity contribution in [2.24, 2.45) is 0 Å². The molecule has 0 spiro atoms. The minimum absolute atomic E-state index is 0.162. The summed E-state index contributed by atoms with van der Waals surface area (Å²) < 4.78 is 1.50. The van der Waals surface area contributed by atoms with Crippen molar-refractivity contribution in [1.29, 1.82) is 0 Å². The van der Waals surface area contributed by atoms with Crippen LogP contribution in [0.25, 0.3) is 16.7 Å². The van der Waals surface area contributed by atoms with Gasteiger partial charge in [-0.2, -0.15) is 5.10 Å². The maximum atomic E-state index is 11.5. The van der Waals surface area contributed by atoms with E-state index >= 15 is 0 Å². The Morgan fingerprint density at radius 1 is 1.28 bits per heavy atom. The number of hydrogen-bond acceptors (Lipinski definition) is 4. The van der Waals surface area contributed by atoms with Crippen molar-refractivity contribution in [1.82, 2.24) is 25.2 Å². The van der Waals surface area contributed by atoms with Crippen LogP contribution in [0.3, 0.4) is 0 Å². The van der Waals surface area contributed by atoms with Gasteiger partial charge in [0.25, 0.3) is 5.56 Å². The van der Waals surface area contributed by atoms with E-state index in [9.17, 15) is 4.79 Å². The Balaban J connectivity index is 2.34. The molecule has 0 unspecified atom stereocenters. The number of rotatable bonds is 1. The Morgan fingerprint density at radius 3 is 2.72 bits per heavy atom. The second-order valence-corrected chi connectivity index (χ2v) is 4.24. The van der Waals surface area contributed by atoms with E-state index in [1.54, 1.807) is 0 Å². The zero-order valence-electron chi connectivity index (χ0n) is 9.38. The van der Waals surface area contributed by atoms with Gasteiger partial charge in [0.05, 0.1) is 5.69 Å². The number of aromatic nitrogens is 5. The summed E-state index contributed by atoms with van der Waals surface area (Å²) in [5, 5.41) is 13.9. The Kier molecular flexibility index (Phi) is 2.38. The average Bonchev–Trinajstić information content (AvgIpc) is 2.81. The van der Waals surface area contributed by atoms with E-state index < -0.39 is 5.56 Å². The molecule has 3 rings (SSSR count). The van der Waals surface area contributed by atoms with Crippen molar-refractivity contribution >= 4 is 22.6 Å². The molecule has 90 valence electrons. The molecule has 2 heterocycles. The van der Waals surface area contributed by atoms with Gasteiger partial charge in [-0.3, -0.25) is 4.79 Å². The van der Waals surface area contributed by atoms with Crippen molar-refractivity contribution in [3.05, 3.63) is 45.3 Å². The zero-order valence-corrected chi connectivity index (χ0v) is 10.1. The number of nitrogens with zero attached hydrogens (tertiary/aromatic N) is 4. The minimum Gasteiger partial charge on any atom is -0.265 e. The van der Waals surface area contributed by atoms with Crippen molar-refractivity contribution in [3.8, 4) is 5.69 Å². The fraction of sp³-hybridized carbons (Fsp3) is 0.0909. The van der Waals surface area contributed by atoms with Crippen molar-refractivity contribution < 1.29 is 0 Å². The van der Waals surface area contributed by atoms with Crippen LogP contribution >= 0.6 is 11.6 Å². The number of fused-ring (bicyclic) bond motifs is 1. The van der Waals surface area contributed by atoms with E-state index in [4.69, 9.17) is 11.6 Å². The molecule has 0 bridgehead atoms. The molecule has 0 aliphatic rings. The summed E-state index contributed by atoms with van der Waals surface area (Å²) in [4.78, 5) is 11.5. The second kappa shape index (κ2) is 3.92. The number of H-pyrrole nitrogens is 1. The van der Waals surface area contributed by atoms with Crippen LogP contribution in [0, 0.1) is 6.92 Å². The summed E-state index contributed by atoms with van der Waals surface area (Å²) in [5.74, 6) is 0. The van der Waals surface area contributed by atoms with Crippen LogP contribution in [-0.4, -0.2) is 25.2 Å². The van der Waals surface area contributed by atoms with Gasteiger partial charge in [-0.25, -0.2) is 9.78 Å². The third kappa shape index (κ3) is 1.58. The van der Waals surface area contributed by atoms with E-state index in [1.807, 2.05) is 31.2 Å². The number of hydrogen-bond donors (Lipinski definition) is 1. The quantitative estimate of drug-likeness (QED) is 0.720. The van der Waals surface area contributed by atoms with Crippen LogP contribution in [-0.2, 0) is 0 Å². The summed E-state index contributed by atoms with van der Waals surface area (Å²) >= 11 is 5.97. The predicted molar refractivity (Wildman–Crippen MR) is 67.0 cm³/mol. The lowest BCUT2D eigenvalue weighted by molar-refractivity contribution is 0.823. The first-order valence-electron chi connectivity index (χ1n) is 5.23. The van der Waals surface area contributed by atoms with E-state index in [2.05, 4.69) is 20.5 Å². The molecule has 1 N–H and O–H groups in total. The maximum Gasteiger partial charge on any atom is 0.294 e. The van der Waals surface area contributed by atoms with Crippen LogP contribution in [0.4, 0.5) is 0 Å². The number of nitrogens with one attached hydrogen (secondary N) is 1. The van der Waals surface area contributed by atoms with Crippen molar-refractivity contribution in [2.45, 2.75) is 6.92 Å². The molecule has 0 aliphatic carbocycles. The van der Waals surface area contributed by atoms with E-state index in [0.29, 0.717) is 5.52 Å². The number of halogens is 1. The Bertz CT molecular complexity index is 774. The van der Waals surface area contributed by atoms with Crippen LogP contribution in [0.5, 0.6) is 0 Å². The average molecular weight is 262 g/mol. The highest BCUT2D eigenvalue weighted by atomic mass is 35.5. The molecule has 0 saturated heterocycles. The molecule has 3 aromatic rings. The van der Waals surface area contributed by atoms with E-state index in [0.717, 1.165) is 11.3 Å². The topological polar surface area (TPSA) is 76.5 Å². The molecule has 18 heavy (non-hydrogen) atoms. The standard InChI is InChI=1S/C11H8ClN5O/c1-6-2-4-7(5-3-6)17-9-8(13-16-17)11(18)15-14-10(9)12/h2-5H,1H3,(H,15,18). The SMILES string of the molecule is Cc1ccc(-n2nnc3c(=O)[nH]nc(Cl)c32)cc1. The molecular formula is C11H8ClN5O. The zero-order chi connectivity index (χ0) is 12.7. The lowest BCUT2D eigenvalue weighted by Crippen LogP contribution is -2.09. The first-order valence-corrected chi connectivity index (χ1v) is 5.61. The van der Waals surface area contributed by atoms with E-state index in [1.165, 1.54) is 4.68 Å². The van der Waals surface area contributed by atoms with Crippen LogP contribution in [0.1, 0.15) is 5.56 Å². The first kappa shape index (κ1) is 10.9. The van der Waals surface area contributed by atoms with Crippen LogP contribution in [0.15, 0.2) is 29.1 Å². The predicted octanol–water partition coefficient (Wildman–Crippen LogP) is 1.47. The molecule has 0 amide bonds. The van der Waals surface area contributed by atoms with Gasteiger partial charge >= 0.3 is 0 Å². The van der Waals surface area contributed by atoms with Crippen LogP contribution in [0.2, 0.25) is 5.15 Å². The molecule has 0 saturated carbocycles. The van der Waals surface area contributed by atoms with Crippen molar-refractivity contribution in [3.63, 3.8) is 0 Å². The van der Waals surface area contributed by atoms with Gasteiger partial charge in [-0.15, -0.1) is 5.10 Å². The Labute approximate surface area is 106 Å². The first-order chi connectivity index (χ1) is 8.66. The van der Waals surface area contributed by atoms with Gasteiger partial charge in [0.15, 0.2) is 10.7 Å². The molecule has 0 aliphatic heterocycles. The monoisotopic (exact) mass is 261 g/mol. The maximum absolute atomic E-state index is 11.5. The smallest absolute Gasteiger partial charge is 0.265 e. The minimum atomic E-state index is -0.409. The Hall–Kier alpha value is -2.21. The van der Waals surface area contributed by atoms with Gasteiger partial charge in [0.1, 0.15) is 5.52 Å². The summed E-state index contributed by atoms with van der Waals surface area (Å²) in [6.45, 7) is 1.99. The molecule has 1 aromatic carbocycles. The van der Waals surface area contributed by atoms with Crippen LogP contribution < -0.4 is 5.56 Å².